The van der Waals surface area contributed by atoms with Crippen LogP contribution in [0, 0.1) is 11.6 Å². The molecule has 0 saturated heterocycles. The third-order valence-corrected chi connectivity index (χ3v) is 2.86. The van der Waals surface area contributed by atoms with Gasteiger partial charge in [-0.15, -0.1) is 0 Å². The molecule has 2 aromatic rings. The fourth-order valence-electron chi connectivity index (χ4n) is 1.85. The maximum atomic E-state index is 13.6. The summed E-state index contributed by atoms with van der Waals surface area (Å²) in [6.45, 7) is 4.30. The van der Waals surface area contributed by atoms with Crippen molar-refractivity contribution < 1.29 is 27.6 Å². The second-order valence-corrected chi connectivity index (χ2v) is 4.46. The van der Waals surface area contributed by atoms with Crippen molar-refractivity contribution in [1.29, 1.82) is 0 Å². The highest BCUT2D eigenvalue weighted by Crippen LogP contribution is 2.24. The lowest BCUT2D eigenvalue weighted by molar-refractivity contribution is 0.320. The number of halogens is 2. The van der Waals surface area contributed by atoms with Crippen LogP contribution in [0.4, 0.5) is 8.78 Å². The van der Waals surface area contributed by atoms with Crippen molar-refractivity contribution in [3.63, 3.8) is 0 Å². The van der Waals surface area contributed by atoms with Crippen molar-refractivity contribution in [2.45, 2.75) is 13.8 Å². The van der Waals surface area contributed by atoms with E-state index in [0.29, 0.717) is 13.2 Å². The van der Waals surface area contributed by atoms with Gasteiger partial charge in [0.2, 0.25) is 0 Å². The topological polar surface area (TPSA) is 36.9 Å². The van der Waals surface area contributed by atoms with Gasteiger partial charge < -0.3 is 18.8 Å². The fraction of sp³-hybridized carbons (Fsp3) is 0.250. The predicted molar refractivity (Wildman–Crippen MR) is 83.5 cm³/mol. The molecule has 0 N–H and O–H groups in total. The SMILES string of the molecule is CCOc1ccc(OBOc2ccc(OCC)c(F)c2)cc1F. The van der Waals surface area contributed by atoms with Crippen molar-refractivity contribution in [3.05, 3.63) is 48.0 Å². The third kappa shape index (κ3) is 4.77. The average Bonchev–Trinajstić information content (AvgIpc) is 2.53. The summed E-state index contributed by atoms with van der Waals surface area (Å²) in [5.41, 5.74) is 0. The Kier molecular flexibility index (Phi) is 6.08. The molecular weight excluding hydrogens is 305 g/mol. The Morgan fingerprint density at radius 1 is 0.783 bits per heavy atom. The monoisotopic (exact) mass is 322 g/mol. The van der Waals surface area contributed by atoms with Crippen LogP contribution in [-0.2, 0) is 0 Å². The fourth-order valence-corrected chi connectivity index (χ4v) is 1.85. The Morgan fingerprint density at radius 3 is 1.57 bits per heavy atom. The van der Waals surface area contributed by atoms with Crippen LogP contribution in [-0.4, -0.2) is 20.9 Å². The molecule has 0 aliphatic heterocycles. The van der Waals surface area contributed by atoms with E-state index >= 15 is 0 Å². The summed E-state index contributed by atoms with van der Waals surface area (Å²) >= 11 is 0. The molecule has 0 heterocycles. The van der Waals surface area contributed by atoms with Gasteiger partial charge in [-0.3, -0.25) is 0 Å². The lowest BCUT2D eigenvalue weighted by Crippen LogP contribution is -2.11. The molecule has 0 fully saturated rings. The van der Waals surface area contributed by atoms with Gasteiger partial charge in [0.1, 0.15) is 11.5 Å². The van der Waals surface area contributed by atoms with Gasteiger partial charge in [0.15, 0.2) is 23.1 Å². The van der Waals surface area contributed by atoms with Gasteiger partial charge in [-0.2, -0.15) is 0 Å². The molecule has 0 aliphatic rings. The van der Waals surface area contributed by atoms with Gasteiger partial charge in [0.25, 0.3) is 0 Å². The molecule has 2 aromatic carbocycles. The van der Waals surface area contributed by atoms with Crippen LogP contribution in [0.2, 0.25) is 0 Å². The minimum absolute atomic E-state index is 0.161. The van der Waals surface area contributed by atoms with E-state index in [1.54, 1.807) is 26.0 Å². The number of rotatable bonds is 8. The van der Waals surface area contributed by atoms with Crippen molar-refractivity contribution in [3.8, 4) is 23.0 Å². The number of hydrogen-bond donors (Lipinski definition) is 0. The quantitative estimate of drug-likeness (QED) is 0.697. The number of ether oxygens (including phenoxy) is 2. The molecule has 0 radical (unpaired) electrons. The van der Waals surface area contributed by atoms with Crippen LogP contribution in [0.15, 0.2) is 36.4 Å². The minimum Gasteiger partial charge on any atom is -0.528 e. The highest BCUT2D eigenvalue weighted by atomic mass is 19.1. The van der Waals surface area contributed by atoms with Crippen molar-refractivity contribution in [1.82, 2.24) is 0 Å². The van der Waals surface area contributed by atoms with E-state index in [1.807, 2.05) is 0 Å². The van der Waals surface area contributed by atoms with E-state index in [0.717, 1.165) is 0 Å². The van der Waals surface area contributed by atoms with E-state index in [9.17, 15) is 8.78 Å². The summed E-state index contributed by atoms with van der Waals surface area (Å²) in [7, 11) is -0.180. The molecule has 0 atom stereocenters. The second kappa shape index (κ2) is 8.26. The highest BCUT2D eigenvalue weighted by molar-refractivity contribution is 6.20. The van der Waals surface area contributed by atoms with Crippen molar-refractivity contribution in [2.75, 3.05) is 13.2 Å². The van der Waals surface area contributed by atoms with Gasteiger partial charge in [-0.1, -0.05) is 0 Å². The summed E-state index contributed by atoms with van der Waals surface area (Å²) in [5.74, 6) is -0.133. The molecule has 4 nitrogen and oxygen atoms in total. The summed E-state index contributed by atoms with van der Waals surface area (Å²) in [4.78, 5) is 0. The summed E-state index contributed by atoms with van der Waals surface area (Å²) in [6.07, 6.45) is 0. The van der Waals surface area contributed by atoms with Crippen molar-refractivity contribution in [2.24, 2.45) is 0 Å². The first-order valence-corrected chi connectivity index (χ1v) is 7.24. The first-order chi connectivity index (χ1) is 11.1. The van der Waals surface area contributed by atoms with Gasteiger partial charge >= 0.3 is 7.69 Å². The number of hydrogen-bond acceptors (Lipinski definition) is 4. The molecule has 0 spiro atoms. The predicted octanol–water partition coefficient (Wildman–Crippen LogP) is 3.49. The molecule has 0 unspecified atom stereocenters. The summed E-state index contributed by atoms with van der Waals surface area (Å²) < 4.78 is 48.0. The summed E-state index contributed by atoms with van der Waals surface area (Å²) in [6, 6.07) is 8.49. The standard InChI is InChI=1S/C16H17BF2O4/c1-3-20-15-7-5-11(9-13(15)18)22-17-23-12-6-8-16(21-4-2)14(19)10-12/h5-10,17H,3-4H2,1-2H3. The van der Waals surface area contributed by atoms with E-state index in [1.165, 1.54) is 24.3 Å². The van der Waals surface area contributed by atoms with Crippen LogP contribution < -0.4 is 18.8 Å². The average molecular weight is 322 g/mol. The molecule has 0 saturated carbocycles. The van der Waals surface area contributed by atoms with Gasteiger partial charge in [-0.25, -0.2) is 8.78 Å². The molecular formula is C16H17BF2O4. The Bertz CT molecular complexity index is 596. The zero-order valence-electron chi connectivity index (χ0n) is 13.0. The van der Waals surface area contributed by atoms with E-state index in [2.05, 4.69) is 0 Å². The molecule has 7 heteroatoms. The molecule has 0 aromatic heterocycles. The summed E-state index contributed by atoms with van der Waals surface area (Å²) in [5, 5.41) is 0. The van der Waals surface area contributed by atoms with E-state index in [4.69, 9.17) is 18.8 Å². The smallest absolute Gasteiger partial charge is 0.528 e. The molecule has 0 amide bonds. The van der Waals surface area contributed by atoms with Gasteiger partial charge in [-0.05, 0) is 38.1 Å². The molecule has 23 heavy (non-hydrogen) atoms. The molecule has 2 rings (SSSR count). The van der Waals surface area contributed by atoms with Crippen LogP contribution in [0.5, 0.6) is 23.0 Å². The normalized spacial score (nSPS) is 10.1. The molecule has 0 aliphatic carbocycles. The maximum absolute atomic E-state index is 13.6. The van der Waals surface area contributed by atoms with Crippen LogP contribution in [0.25, 0.3) is 0 Å². The zero-order valence-corrected chi connectivity index (χ0v) is 13.0. The highest BCUT2D eigenvalue weighted by Gasteiger charge is 2.08. The van der Waals surface area contributed by atoms with E-state index < -0.39 is 11.6 Å². The van der Waals surface area contributed by atoms with Gasteiger partial charge in [0, 0.05) is 12.1 Å². The van der Waals surface area contributed by atoms with Crippen LogP contribution in [0.3, 0.4) is 0 Å². The zero-order chi connectivity index (χ0) is 16.7. The Balaban J connectivity index is 1.89. The minimum atomic E-state index is -0.517. The lowest BCUT2D eigenvalue weighted by atomic mass is 10.2. The molecule has 0 bridgehead atoms. The second-order valence-electron chi connectivity index (χ2n) is 4.46. The van der Waals surface area contributed by atoms with Gasteiger partial charge in [0.05, 0.1) is 13.2 Å². The Hall–Kier alpha value is -2.44. The first-order valence-electron chi connectivity index (χ1n) is 7.24. The van der Waals surface area contributed by atoms with Crippen molar-refractivity contribution >= 4 is 7.69 Å². The largest absolute Gasteiger partial charge is 0.576 e. The van der Waals surface area contributed by atoms with Crippen LogP contribution >= 0.6 is 0 Å². The molecule has 122 valence electrons. The Morgan fingerprint density at radius 2 is 1.22 bits per heavy atom. The lowest BCUT2D eigenvalue weighted by Gasteiger charge is -2.10. The first kappa shape index (κ1) is 16.9. The number of benzene rings is 2. The third-order valence-electron chi connectivity index (χ3n) is 2.86. The maximum Gasteiger partial charge on any atom is 0.576 e. The van der Waals surface area contributed by atoms with Crippen LogP contribution in [0.1, 0.15) is 13.8 Å². The van der Waals surface area contributed by atoms with E-state index in [-0.39, 0.29) is 30.7 Å². The Labute approximate surface area is 134 Å².